The fourth-order valence-electron chi connectivity index (χ4n) is 1.95. The number of halogens is 4. The lowest BCUT2D eigenvalue weighted by Gasteiger charge is -2.08. The number of nitrogens with two attached hydrogens (primary N) is 1. The zero-order valence-electron chi connectivity index (χ0n) is 12.9. The van der Waals surface area contributed by atoms with Crippen LogP contribution in [0, 0.1) is 11.6 Å². The van der Waals surface area contributed by atoms with Gasteiger partial charge in [0.05, 0.1) is 12.1 Å². The first-order chi connectivity index (χ1) is 11.0. The van der Waals surface area contributed by atoms with Crippen molar-refractivity contribution in [3.05, 3.63) is 58.6 Å². The van der Waals surface area contributed by atoms with Crippen molar-refractivity contribution >= 4 is 47.2 Å². The van der Waals surface area contributed by atoms with Gasteiger partial charge in [0.2, 0.25) is 0 Å². The van der Waals surface area contributed by atoms with Crippen molar-refractivity contribution in [1.82, 2.24) is 0 Å². The topological polar surface area (TPSA) is 59.6 Å². The van der Waals surface area contributed by atoms with E-state index in [0.29, 0.717) is 28.4 Å². The quantitative estimate of drug-likeness (QED) is 0.393. The van der Waals surface area contributed by atoms with E-state index in [9.17, 15) is 8.78 Å². The molecule has 0 atom stereocenters. The number of benzene rings is 2. The minimum Gasteiger partial charge on any atom is -0.495 e. The van der Waals surface area contributed by atoms with Crippen LogP contribution >= 0.6 is 35.6 Å². The molecule has 2 aromatic rings. The molecule has 4 nitrogen and oxygen atoms in total. The first-order valence-corrected chi connectivity index (χ1v) is 7.22. The van der Waals surface area contributed by atoms with Crippen LogP contribution in [0.25, 0.3) is 0 Å². The Hall–Kier alpha value is -1.61. The van der Waals surface area contributed by atoms with E-state index < -0.39 is 11.6 Å². The first-order valence-electron chi connectivity index (χ1n) is 6.84. The Morgan fingerprint density at radius 1 is 1.25 bits per heavy atom. The molecule has 0 radical (unpaired) electrons. The fraction of sp³-hybridized carbons (Fsp3) is 0.188. The summed E-state index contributed by atoms with van der Waals surface area (Å²) in [6.07, 6.45) is 0.317. The summed E-state index contributed by atoms with van der Waals surface area (Å²) in [6.45, 7) is 0.269. The molecular weight excluding hydrogens is 451 g/mol. The van der Waals surface area contributed by atoms with Crippen LogP contribution in [0.3, 0.4) is 0 Å². The monoisotopic (exact) mass is 467 g/mol. The standard InChI is InChI=1S/C16H16ClF2N3O.HI/c1-23-15-5-4-12(9-13(15)17)22-16(20)21-7-6-10-2-3-11(18)8-14(10)19;/h2-5,8-9H,6-7H2,1H3,(H3,20,21,22);1H. The molecule has 8 heteroatoms. The number of hydrogen-bond donors (Lipinski definition) is 2. The molecule has 130 valence electrons. The summed E-state index contributed by atoms with van der Waals surface area (Å²) in [5, 5.41) is 3.32. The molecule has 2 aromatic carbocycles. The van der Waals surface area contributed by atoms with Crippen molar-refractivity contribution in [3.8, 4) is 5.75 Å². The predicted octanol–water partition coefficient (Wildman–Crippen LogP) is 4.21. The van der Waals surface area contributed by atoms with Gasteiger partial charge in [-0.25, -0.2) is 8.78 Å². The van der Waals surface area contributed by atoms with E-state index in [-0.39, 0.29) is 36.5 Å². The van der Waals surface area contributed by atoms with E-state index in [1.807, 2.05) is 0 Å². The number of aliphatic imine (C=N–C) groups is 1. The first kappa shape index (κ1) is 20.4. The third kappa shape index (κ3) is 5.79. The number of rotatable bonds is 5. The lowest BCUT2D eigenvalue weighted by molar-refractivity contribution is 0.415. The Morgan fingerprint density at radius 3 is 2.62 bits per heavy atom. The lowest BCUT2D eigenvalue weighted by atomic mass is 10.1. The third-order valence-corrected chi connectivity index (χ3v) is 3.40. The molecule has 0 aliphatic carbocycles. The summed E-state index contributed by atoms with van der Waals surface area (Å²) >= 11 is 6.01. The van der Waals surface area contributed by atoms with Gasteiger partial charge in [-0.1, -0.05) is 17.7 Å². The molecule has 3 N–H and O–H groups in total. The minimum atomic E-state index is -0.604. The molecule has 0 bridgehead atoms. The van der Waals surface area contributed by atoms with Gasteiger partial charge in [-0.2, -0.15) is 0 Å². The molecule has 0 aromatic heterocycles. The highest BCUT2D eigenvalue weighted by molar-refractivity contribution is 14.0. The summed E-state index contributed by atoms with van der Waals surface area (Å²) in [4.78, 5) is 4.10. The molecular formula is C16H17ClF2IN3O. The molecule has 0 fully saturated rings. The smallest absolute Gasteiger partial charge is 0.193 e. The Labute approximate surface area is 161 Å². The number of hydrogen-bond acceptors (Lipinski definition) is 2. The molecule has 0 spiro atoms. The molecule has 0 saturated heterocycles. The van der Waals surface area contributed by atoms with Crippen molar-refractivity contribution in [1.29, 1.82) is 0 Å². The normalized spacial score (nSPS) is 10.9. The van der Waals surface area contributed by atoms with Crippen molar-refractivity contribution in [2.75, 3.05) is 19.0 Å². The number of methoxy groups -OCH3 is 1. The van der Waals surface area contributed by atoms with Gasteiger partial charge >= 0.3 is 0 Å². The molecule has 2 rings (SSSR count). The van der Waals surface area contributed by atoms with Crippen molar-refractivity contribution in [2.45, 2.75) is 6.42 Å². The van der Waals surface area contributed by atoms with E-state index in [2.05, 4.69) is 10.3 Å². The summed E-state index contributed by atoms with van der Waals surface area (Å²) in [5.74, 6) is -0.464. The Kier molecular flexibility index (Phi) is 8.20. The van der Waals surface area contributed by atoms with Crippen LogP contribution in [0.15, 0.2) is 41.4 Å². The van der Waals surface area contributed by atoms with E-state index in [1.165, 1.54) is 19.2 Å². The van der Waals surface area contributed by atoms with Gasteiger partial charge in [0.15, 0.2) is 5.96 Å². The Balaban J connectivity index is 0.00000288. The summed E-state index contributed by atoms with van der Waals surface area (Å²) in [6, 6.07) is 8.55. The highest BCUT2D eigenvalue weighted by Gasteiger charge is 2.04. The maximum Gasteiger partial charge on any atom is 0.193 e. The van der Waals surface area contributed by atoms with E-state index >= 15 is 0 Å². The summed E-state index contributed by atoms with van der Waals surface area (Å²) < 4.78 is 31.3. The van der Waals surface area contributed by atoms with Gasteiger partial charge in [0, 0.05) is 18.3 Å². The van der Waals surface area contributed by atoms with Crippen LogP contribution in [0.4, 0.5) is 14.5 Å². The van der Waals surface area contributed by atoms with Crippen LogP contribution in [-0.2, 0) is 6.42 Å². The number of nitrogens with zero attached hydrogens (tertiary/aromatic N) is 1. The molecule has 0 saturated carbocycles. The average Bonchev–Trinajstić information content (AvgIpc) is 2.49. The fourth-order valence-corrected chi connectivity index (χ4v) is 2.21. The van der Waals surface area contributed by atoms with Crippen LogP contribution in [0.2, 0.25) is 5.02 Å². The molecule has 24 heavy (non-hydrogen) atoms. The van der Waals surface area contributed by atoms with Gasteiger partial charge < -0.3 is 15.8 Å². The maximum absolute atomic E-state index is 13.5. The second-order valence-corrected chi connectivity index (χ2v) is 5.13. The highest BCUT2D eigenvalue weighted by Crippen LogP contribution is 2.27. The third-order valence-electron chi connectivity index (χ3n) is 3.10. The van der Waals surface area contributed by atoms with Crippen LogP contribution in [0.1, 0.15) is 5.56 Å². The Morgan fingerprint density at radius 2 is 2.00 bits per heavy atom. The van der Waals surface area contributed by atoms with E-state index in [0.717, 1.165) is 6.07 Å². The lowest BCUT2D eigenvalue weighted by Crippen LogP contribution is -2.23. The zero-order chi connectivity index (χ0) is 16.8. The van der Waals surface area contributed by atoms with Crippen molar-refractivity contribution < 1.29 is 13.5 Å². The van der Waals surface area contributed by atoms with Crippen molar-refractivity contribution in [3.63, 3.8) is 0 Å². The summed E-state index contributed by atoms with van der Waals surface area (Å²) in [5.41, 5.74) is 6.81. The van der Waals surface area contributed by atoms with Crippen LogP contribution < -0.4 is 15.8 Å². The molecule has 0 aliphatic heterocycles. The number of ether oxygens (including phenoxy) is 1. The van der Waals surface area contributed by atoms with Gasteiger partial charge in [-0.3, -0.25) is 4.99 Å². The van der Waals surface area contributed by atoms with Gasteiger partial charge in [0.1, 0.15) is 17.4 Å². The largest absolute Gasteiger partial charge is 0.495 e. The van der Waals surface area contributed by atoms with Crippen LogP contribution in [-0.4, -0.2) is 19.6 Å². The zero-order valence-corrected chi connectivity index (χ0v) is 15.9. The van der Waals surface area contributed by atoms with Gasteiger partial charge in [-0.05, 0) is 36.2 Å². The molecule has 0 heterocycles. The molecule has 0 aliphatic rings. The predicted molar refractivity (Wildman–Crippen MR) is 104 cm³/mol. The van der Waals surface area contributed by atoms with Gasteiger partial charge in [-0.15, -0.1) is 24.0 Å². The Bertz CT molecular complexity index is 728. The second kappa shape index (κ2) is 9.63. The van der Waals surface area contributed by atoms with Crippen molar-refractivity contribution in [2.24, 2.45) is 10.7 Å². The summed E-state index contributed by atoms with van der Waals surface area (Å²) in [7, 11) is 1.53. The maximum atomic E-state index is 13.5. The number of guanidine groups is 1. The molecule has 0 unspecified atom stereocenters. The SMILES string of the molecule is COc1ccc(NC(N)=NCCc2ccc(F)cc2F)cc1Cl.I. The average molecular weight is 468 g/mol. The van der Waals surface area contributed by atoms with Gasteiger partial charge in [0.25, 0.3) is 0 Å². The molecule has 0 amide bonds. The second-order valence-electron chi connectivity index (χ2n) is 4.73. The van der Waals surface area contributed by atoms with E-state index in [4.69, 9.17) is 22.1 Å². The minimum absolute atomic E-state index is 0. The number of nitrogens with one attached hydrogen (secondary N) is 1. The number of anilines is 1. The van der Waals surface area contributed by atoms with Crippen LogP contribution in [0.5, 0.6) is 5.75 Å². The highest BCUT2D eigenvalue weighted by atomic mass is 127. The van der Waals surface area contributed by atoms with E-state index in [1.54, 1.807) is 18.2 Å².